The van der Waals surface area contributed by atoms with E-state index in [0.717, 1.165) is 36.2 Å². The van der Waals surface area contributed by atoms with Crippen molar-refractivity contribution in [3.63, 3.8) is 0 Å². The standard InChI is InChI=1S/C16H22BrN3O2/c1-12(14-3-5-15(17)6-4-14)18-16(22)11-19-7-9-20(10-8-19)13(2)21/h3-6,12H,7-11H2,1-2H3,(H,18,22)/p+1/t12-/m0/s1. The minimum absolute atomic E-state index is 0.00138. The molecule has 0 spiro atoms. The van der Waals surface area contributed by atoms with Crippen molar-refractivity contribution < 1.29 is 14.5 Å². The molecule has 2 amide bonds. The molecule has 0 bridgehead atoms. The summed E-state index contributed by atoms with van der Waals surface area (Å²) < 4.78 is 1.03. The maximum Gasteiger partial charge on any atom is 0.275 e. The van der Waals surface area contributed by atoms with E-state index in [1.54, 1.807) is 6.92 Å². The van der Waals surface area contributed by atoms with E-state index in [4.69, 9.17) is 0 Å². The molecule has 5 nitrogen and oxygen atoms in total. The third kappa shape index (κ3) is 4.81. The number of rotatable bonds is 4. The molecule has 22 heavy (non-hydrogen) atoms. The predicted octanol–water partition coefficient (Wildman–Crippen LogP) is 0.373. The van der Waals surface area contributed by atoms with E-state index in [2.05, 4.69) is 21.2 Å². The zero-order valence-electron chi connectivity index (χ0n) is 13.1. The molecule has 1 heterocycles. The number of benzene rings is 1. The second-order valence-electron chi connectivity index (χ2n) is 5.77. The van der Waals surface area contributed by atoms with Gasteiger partial charge in [-0.25, -0.2) is 0 Å². The van der Waals surface area contributed by atoms with E-state index in [0.29, 0.717) is 6.54 Å². The van der Waals surface area contributed by atoms with Crippen LogP contribution < -0.4 is 10.2 Å². The Labute approximate surface area is 139 Å². The highest BCUT2D eigenvalue weighted by molar-refractivity contribution is 9.10. The molecule has 1 fully saturated rings. The number of hydrogen-bond donors (Lipinski definition) is 2. The minimum atomic E-state index is -0.00138. The van der Waals surface area contributed by atoms with E-state index in [-0.39, 0.29) is 17.9 Å². The van der Waals surface area contributed by atoms with Gasteiger partial charge < -0.3 is 15.1 Å². The fraction of sp³-hybridized carbons (Fsp3) is 0.500. The van der Waals surface area contributed by atoms with Gasteiger partial charge in [0.2, 0.25) is 5.91 Å². The van der Waals surface area contributed by atoms with Crippen molar-refractivity contribution in [1.82, 2.24) is 10.2 Å². The Morgan fingerprint density at radius 1 is 1.27 bits per heavy atom. The van der Waals surface area contributed by atoms with Gasteiger partial charge in [0.1, 0.15) is 0 Å². The van der Waals surface area contributed by atoms with Crippen molar-refractivity contribution in [2.75, 3.05) is 32.7 Å². The van der Waals surface area contributed by atoms with Crippen LogP contribution in [0.5, 0.6) is 0 Å². The van der Waals surface area contributed by atoms with Crippen LogP contribution in [-0.2, 0) is 9.59 Å². The molecular weight excluding hydrogens is 346 g/mol. The smallest absolute Gasteiger partial charge is 0.275 e. The molecule has 0 aromatic heterocycles. The lowest BCUT2D eigenvalue weighted by Crippen LogP contribution is -3.15. The molecule has 1 aromatic carbocycles. The van der Waals surface area contributed by atoms with Gasteiger partial charge >= 0.3 is 0 Å². The molecule has 0 radical (unpaired) electrons. The van der Waals surface area contributed by atoms with Crippen molar-refractivity contribution in [3.8, 4) is 0 Å². The van der Waals surface area contributed by atoms with Crippen LogP contribution >= 0.6 is 15.9 Å². The van der Waals surface area contributed by atoms with Crippen molar-refractivity contribution in [2.24, 2.45) is 0 Å². The average molecular weight is 369 g/mol. The van der Waals surface area contributed by atoms with Gasteiger partial charge in [0.15, 0.2) is 6.54 Å². The highest BCUT2D eigenvalue weighted by atomic mass is 79.9. The third-order valence-electron chi connectivity index (χ3n) is 4.07. The quantitative estimate of drug-likeness (QED) is 0.806. The summed E-state index contributed by atoms with van der Waals surface area (Å²) in [6.07, 6.45) is 0. The van der Waals surface area contributed by atoms with E-state index >= 15 is 0 Å². The summed E-state index contributed by atoms with van der Waals surface area (Å²) in [5.74, 6) is 0.175. The van der Waals surface area contributed by atoms with Crippen molar-refractivity contribution in [1.29, 1.82) is 0 Å². The summed E-state index contributed by atoms with van der Waals surface area (Å²) in [6.45, 7) is 7.19. The fourth-order valence-electron chi connectivity index (χ4n) is 2.67. The van der Waals surface area contributed by atoms with E-state index in [1.165, 1.54) is 4.90 Å². The van der Waals surface area contributed by atoms with Gasteiger partial charge in [0.05, 0.1) is 32.2 Å². The highest BCUT2D eigenvalue weighted by Crippen LogP contribution is 2.16. The average Bonchev–Trinajstić information content (AvgIpc) is 2.48. The van der Waals surface area contributed by atoms with Gasteiger partial charge in [-0.3, -0.25) is 9.59 Å². The number of halogens is 1. The molecule has 2 rings (SSSR count). The molecular formula is C16H23BrN3O2+. The van der Waals surface area contributed by atoms with Crippen molar-refractivity contribution >= 4 is 27.7 Å². The number of carbonyl (C=O) groups excluding carboxylic acids is 2. The van der Waals surface area contributed by atoms with Gasteiger partial charge in [-0.05, 0) is 24.6 Å². The monoisotopic (exact) mass is 368 g/mol. The molecule has 0 aliphatic carbocycles. The zero-order valence-corrected chi connectivity index (χ0v) is 14.6. The van der Waals surface area contributed by atoms with Gasteiger partial charge in [-0.1, -0.05) is 28.1 Å². The fourth-order valence-corrected chi connectivity index (χ4v) is 2.93. The Morgan fingerprint density at radius 2 is 1.86 bits per heavy atom. The first-order chi connectivity index (χ1) is 10.5. The Kier molecular flexibility index (Phi) is 5.97. The van der Waals surface area contributed by atoms with Gasteiger partial charge in [-0.2, -0.15) is 0 Å². The topological polar surface area (TPSA) is 53.9 Å². The first-order valence-corrected chi connectivity index (χ1v) is 8.39. The van der Waals surface area contributed by atoms with Gasteiger partial charge in [0, 0.05) is 11.4 Å². The van der Waals surface area contributed by atoms with Crippen LogP contribution in [0.3, 0.4) is 0 Å². The normalized spacial score (nSPS) is 17.1. The molecule has 0 saturated carbocycles. The van der Waals surface area contributed by atoms with Crippen LogP contribution in [0, 0.1) is 0 Å². The van der Waals surface area contributed by atoms with E-state index in [9.17, 15) is 9.59 Å². The number of nitrogens with one attached hydrogen (secondary N) is 2. The summed E-state index contributed by atoms with van der Waals surface area (Å²) >= 11 is 3.41. The number of carbonyl (C=O) groups is 2. The van der Waals surface area contributed by atoms with Gasteiger partial charge in [-0.15, -0.1) is 0 Å². The zero-order chi connectivity index (χ0) is 16.1. The van der Waals surface area contributed by atoms with Crippen LogP contribution in [0.1, 0.15) is 25.5 Å². The first kappa shape index (κ1) is 17.0. The second-order valence-corrected chi connectivity index (χ2v) is 6.69. The second kappa shape index (κ2) is 7.74. The summed E-state index contributed by atoms with van der Waals surface area (Å²) in [5, 5.41) is 3.04. The summed E-state index contributed by atoms with van der Waals surface area (Å²) in [5.41, 5.74) is 1.09. The maximum absolute atomic E-state index is 12.2. The van der Waals surface area contributed by atoms with Crippen LogP contribution in [0.25, 0.3) is 0 Å². The molecule has 0 unspecified atom stereocenters. The lowest BCUT2D eigenvalue weighted by Gasteiger charge is -2.31. The number of nitrogens with zero attached hydrogens (tertiary/aromatic N) is 1. The summed E-state index contributed by atoms with van der Waals surface area (Å²) in [4.78, 5) is 26.5. The lowest BCUT2D eigenvalue weighted by molar-refractivity contribution is -0.896. The Bertz CT molecular complexity index is 525. The van der Waals surface area contributed by atoms with Crippen molar-refractivity contribution in [2.45, 2.75) is 19.9 Å². The minimum Gasteiger partial charge on any atom is -0.345 e. The molecule has 1 saturated heterocycles. The number of quaternary nitrogens is 1. The molecule has 1 atom stereocenters. The summed E-state index contributed by atoms with van der Waals surface area (Å²) in [7, 11) is 0. The van der Waals surface area contributed by atoms with E-state index < -0.39 is 0 Å². The Hall–Kier alpha value is -1.40. The Balaban J connectivity index is 1.78. The SMILES string of the molecule is CC(=O)N1CC[NH+](CC(=O)N[C@@H](C)c2ccc(Br)cc2)CC1. The molecule has 6 heteroatoms. The first-order valence-electron chi connectivity index (χ1n) is 7.59. The largest absolute Gasteiger partial charge is 0.345 e. The third-order valence-corrected chi connectivity index (χ3v) is 4.60. The van der Waals surface area contributed by atoms with Crippen molar-refractivity contribution in [3.05, 3.63) is 34.3 Å². The molecule has 2 N–H and O–H groups in total. The lowest BCUT2D eigenvalue weighted by atomic mass is 10.1. The number of hydrogen-bond acceptors (Lipinski definition) is 2. The molecule has 1 aliphatic rings. The van der Waals surface area contributed by atoms with Crippen LogP contribution in [0.15, 0.2) is 28.7 Å². The molecule has 120 valence electrons. The predicted molar refractivity (Wildman–Crippen MR) is 88.5 cm³/mol. The molecule has 1 aliphatic heterocycles. The Morgan fingerprint density at radius 3 is 2.41 bits per heavy atom. The van der Waals surface area contributed by atoms with E-state index in [1.807, 2.05) is 36.1 Å². The van der Waals surface area contributed by atoms with Crippen LogP contribution in [0.4, 0.5) is 0 Å². The number of amides is 2. The van der Waals surface area contributed by atoms with Gasteiger partial charge in [0.25, 0.3) is 5.91 Å². The molecule has 1 aromatic rings. The number of piperazine rings is 1. The maximum atomic E-state index is 12.2. The van der Waals surface area contributed by atoms with Crippen LogP contribution in [0.2, 0.25) is 0 Å². The highest BCUT2D eigenvalue weighted by Gasteiger charge is 2.23. The van der Waals surface area contributed by atoms with Crippen LogP contribution in [-0.4, -0.2) is 49.4 Å². The summed E-state index contributed by atoms with van der Waals surface area (Å²) in [6, 6.07) is 7.97.